The molecule has 1 atom stereocenters. The van der Waals surface area contributed by atoms with E-state index in [1.54, 1.807) is 25.1 Å². The first-order valence-electron chi connectivity index (χ1n) is 7.00. The van der Waals surface area contributed by atoms with Gasteiger partial charge in [0.2, 0.25) is 10.0 Å². The number of rotatable bonds is 7. The van der Waals surface area contributed by atoms with Gasteiger partial charge in [-0.2, -0.15) is 0 Å². The maximum absolute atomic E-state index is 12.4. The molecule has 120 valence electrons. The summed E-state index contributed by atoms with van der Waals surface area (Å²) < 4.78 is 26.0. The number of benzene rings is 1. The molecule has 0 radical (unpaired) electrons. The van der Waals surface area contributed by atoms with Gasteiger partial charge in [0, 0.05) is 22.0 Å². The minimum atomic E-state index is -3.40. The lowest BCUT2D eigenvalue weighted by Crippen LogP contribution is -2.27. The Balaban J connectivity index is 2.26. The van der Waals surface area contributed by atoms with E-state index in [9.17, 15) is 18.0 Å². The molecule has 1 aliphatic rings. The molecule has 0 spiro atoms. The minimum absolute atomic E-state index is 0.0254. The van der Waals surface area contributed by atoms with Crippen LogP contribution in [0.4, 0.5) is 0 Å². The van der Waals surface area contributed by atoms with E-state index in [2.05, 4.69) is 20.7 Å². The maximum atomic E-state index is 12.4. The van der Waals surface area contributed by atoms with E-state index in [1.807, 2.05) is 0 Å². The monoisotopic (exact) mass is 387 g/mol. The summed E-state index contributed by atoms with van der Waals surface area (Å²) in [5.74, 6) is -0.251. The molecule has 5 nitrogen and oxygen atoms in total. The average Bonchev–Trinajstić information content (AvgIpc) is 3.20. The van der Waals surface area contributed by atoms with Gasteiger partial charge in [-0.15, -0.1) is 0 Å². The van der Waals surface area contributed by atoms with E-state index in [0.29, 0.717) is 11.1 Å². The van der Waals surface area contributed by atoms with Gasteiger partial charge < -0.3 is 0 Å². The Bertz CT molecular complexity index is 710. The highest BCUT2D eigenvalue weighted by atomic mass is 79.9. The summed E-state index contributed by atoms with van der Waals surface area (Å²) in [5, 5.41) is 0. The number of halogens is 1. The van der Waals surface area contributed by atoms with E-state index in [0.717, 1.165) is 23.6 Å². The summed E-state index contributed by atoms with van der Waals surface area (Å²) in [6, 6.07) is 4.49. The molecule has 0 heterocycles. The molecule has 2 rings (SSSR count). The van der Waals surface area contributed by atoms with Gasteiger partial charge in [-0.1, -0.05) is 15.9 Å². The SMILES string of the molecule is CC(NS(C)(=O)=O)c1cc(Br)ccc1C(=O)CC(=O)C1CC1. The molecule has 7 heteroatoms. The molecule has 1 N–H and O–H groups in total. The summed E-state index contributed by atoms with van der Waals surface area (Å²) in [5.41, 5.74) is 0.953. The number of nitrogens with one attached hydrogen (secondary N) is 1. The third kappa shape index (κ3) is 4.72. The van der Waals surface area contributed by atoms with Crippen molar-refractivity contribution in [1.29, 1.82) is 0 Å². The van der Waals surface area contributed by atoms with Crippen LogP contribution in [0.25, 0.3) is 0 Å². The fraction of sp³-hybridized carbons (Fsp3) is 0.467. The number of hydrogen-bond donors (Lipinski definition) is 1. The van der Waals surface area contributed by atoms with Crippen molar-refractivity contribution in [3.63, 3.8) is 0 Å². The number of hydrogen-bond acceptors (Lipinski definition) is 4. The predicted molar refractivity (Wildman–Crippen MR) is 87.2 cm³/mol. The van der Waals surface area contributed by atoms with Crippen LogP contribution in [0.15, 0.2) is 22.7 Å². The molecule has 1 aromatic rings. The van der Waals surface area contributed by atoms with Crippen molar-refractivity contribution in [2.75, 3.05) is 6.26 Å². The van der Waals surface area contributed by atoms with Gasteiger partial charge in [-0.25, -0.2) is 13.1 Å². The number of sulfonamides is 1. The largest absolute Gasteiger partial charge is 0.299 e. The molecule has 1 aromatic carbocycles. The van der Waals surface area contributed by atoms with Crippen LogP contribution in [0.5, 0.6) is 0 Å². The lowest BCUT2D eigenvalue weighted by Gasteiger charge is -2.17. The normalized spacial score (nSPS) is 16.3. The summed E-state index contributed by atoms with van der Waals surface area (Å²) >= 11 is 3.32. The van der Waals surface area contributed by atoms with Crippen molar-refractivity contribution in [3.05, 3.63) is 33.8 Å². The van der Waals surface area contributed by atoms with Crippen LogP contribution in [0.2, 0.25) is 0 Å². The van der Waals surface area contributed by atoms with E-state index in [1.165, 1.54) is 0 Å². The fourth-order valence-corrected chi connectivity index (χ4v) is 3.48. The van der Waals surface area contributed by atoms with E-state index >= 15 is 0 Å². The number of ketones is 2. The van der Waals surface area contributed by atoms with Crippen molar-refractivity contribution < 1.29 is 18.0 Å². The number of carbonyl (C=O) groups excluding carboxylic acids is 2. The average molecular weight is 388 g/mol. The fourth-order valence-electron chi connectivity index (χ4n) is 2.33. The zero-order valence-corrected chi connectivity index (χ0v) is 14.8. The summed E-state index contributed by atoms with van der Waals surface area (Å²) in [7, 11) is -3.40. The third-order valence-electron chi connectivity index (χ3n) is 3.54. The van der Waals surface area contributed by atoms with Gasteiger partial charge in [0.05, 0.1) is 12.7 Å². The molecule has 0 aliphatic heterocycles. The molecule has 1 aliphatic carbocycles. The Morgan fingerprint density at radius 2 is 2.00 bits per heavy atom. The second kappa shape index (κ2) is 6.60. The van der Waals surface area contributed by atoms with Crippen molar-refractivity contribution in [1.82, 2.24) is 4.72 Å². The molecule has 1 saturated carbocycles. The highest BCUT2D eigenvalue weighted by Gasteiger charge is 2.31. The second-order valence-corrected chi connectivity index (χ2v) is 8.38. The van der Waals surface area contributed by atoms with Gasteiger partial charge >= 0.3 is 0 Å². The van der Waals surface area contributed by atoms with Crippen molar-refractivity contribution in [2.24, 2.45) is 5.92 Å². The molecule has 0 aromatic heterocycles. The first-order chi connectivity index (χ1) is 10.2. The van der Waals surface area contributed by atoms with Crippen LogP contribution in [-0.4, -0.2) is 26.2 Å². The summed E-state index contributed by atoms with van der Waals surface area (Å²) in [6.45, 7) is 1.67. The predicted octanol–water partition coefficient (Wildman–Crippen LogP) is 2.61. The molecule has 0 saturated heterocycles. The zero-order chi connectivity index (χ0) is 16.5. The van der Waals surface area contributed by atoms with Gasteiger partial charge in [-0.3, -0.25) is 9.59 Å². The highest BCUT2D eigenvalue weighted by molar-refractivity contribution is 9.10. The molecule has 0 bridgehead atoms. The van der Waals surface area contributed by atoms with Gasteiger partial charge in [-0.05, 0) is 43.5 Å². The molecule has 1 fully saturated rings. The first-order valence-corrected chi connectivity index (χ1v) is 9.68. The van der Waals surface area contributed by atoms with Crippen LogP contribution in [0.1, 0.15) is 48.1 Å². The number of Topliss-reactive ketones (excluding diaryl/α,β-unsaturated/α-hetero) is 2. The topological polar surface area (TPSA) is 80.3 Å². The standard InChI is InChI=1S/C15H18BrNO4S/c1-9(17-22(2,20)21)13-7-11(16)5-6-12(13)15(19)8-14(18)10-3-4-10/h5-7,9-10,17H,3-4,8H2,1-2H3. The third-order valence-corrected chi connectivity index (χ3v) is 4.81. The van der Waals surface area contributed by atoms with Crippen LogP contribution in [-0.2, 0) is 14.8 Å². The van der Waals surface area contributed by atoms with Gasteiger partial charge in [0.15, 0.2) is 5.78 Å². The van der Waals surface area contributed by atoms with E-state index in [4.69, 9.17) is 0 Å². The summed E-state index contributed by atoms with van der Waals surface area (Å²) in [6.07, 6.45) is 2.68. The van der Waals surface area contributed by atoms with Crippen molar-refractivity contribution >= 4 is 37.5 Å². The Morgan fingerprint density at radius 3 is 2.55 bits per heavy atom. The van der Waals surface area contributed by atoms with Crippen LogP contribution in [0, 0.1) is 5.92 Å². The molecule has 0 amide bonds. The Labute approximate surface area is 138 Å². The lowest BCUT2D eigenvalue weighted by molar-refractivity contribution is -0.119. The Kier molecular flexibility index (Phi) is 5.19. The second-order valence-electron chi connectivity index (χ2n) is 5.68. The van der Waals surface area contributed by atoms with Crippen molar-refractivity contribution in [2.45, 2.75) is 32.2 Å². The van der Waals surface area contributed by atoms with Crippen LogP contribution < -0.4 is 4.72 Å². The minimum Gasteiger partial charge on any atom is -0.299 e. The maximum Gasteiger partial charge on any atom is 0.209 e. The molecule has 1 unspecified atom stereocenters. The molecular weight excluding hydrogens is 370 g/mol. The van der Waals surface area contributed by atoms with Crippen LogP contribution >= 0.6 is 15.9 Å². The smallest absolute Gasteiger partial charge is 0.209 e. The first kappa shape index (κ1) is 17.3. The summed E-state index contributed by atoms with van der Waals surface area (Å²) in [4.78, 5) is 24.2. The molecule has 22 heavy (non-hydrogen) atoms. The highest BCUT2D eigenvalue weighted by Crippen LogP contribution is 2.32. The molecular formula is C15H18BrNO4S. The zero-order valence-electron chi connectivity index (χ0n) is 12.4. The van der Waals surface area contributed by atoms with Gasteiger partial charge in [0.1, 0.15) is 5.78 Å². The number of carbonyl (C=O) groups is 2. The Hall–Kier alpha value is -1.05. The Morgan fingerprint density at radius 1 is 1.36 bits per heavy atom. The van der Waals surface area contributed by atoms with E-state index < -0.39 is 16.1 Å². The van der Waals surface area contributed by atoms with E-state index in [-0.39, 0.29) is 23.9 Å². The quantitative estimate of drug-likeness (QED) is 0.575. The van der Waals surface area contributed by atoms with Crippen LogP contribution in [0.3, 0.4) is 0 Å². The lowest BCUT2D eigenvalue weighted by atomic mass is 9.95. The van der Waals surface area contributed by atoms with Crippen molar-refractivity contribution in [3.8, 4) is 0 Å². The van der Waals surface area contributed by atoms with Gasteiger partial charge in [0.25, 0.3) is 0 Å².